The first-order valence-electron chi connectivity index (χ1n) is 10.0. The number of thioether (sulfide) groups is 1. The molecule has 0 radical (unpaired) electrons. The summed E-state index contributed by atoms with van der Waals surface area (Å²) in [5, 5.41) is 12.5. The summed E-state index contributed by atoms with van der Waals surface area (Å²) in [5.74, 6) is 0.897. The van der Waals surface area contributed by atoms with E-state index in [4.69, 9.17) is 11.6 Å². The van der Waals surface area contributed by atoms with Crippen LogP contribution in [-0.4, -0.2) is 36.4 Å². The monoisotopic (exact) mass is 464 g/mol. The Labute approximate surface area is 195 Å². The second-order valence-electron chi connectivity index (χ2n) is 7.28. The predicted molar refractivity (Wildman–Crippen MR) is 127 cm³/mol. The van der Waals surface area contributed by atoms with E-state index in [2.05, 4.69) is 45.4 Å². The third-order valence-corrected chi connectivity index (χ3v) is 5.95. The largest absolute Gasteiger partial charge is 0.323 e. The molecule has 9 heteroatoms. The maximum absolute atomic E-state index is 12.6. The molecule has 7 nitrogen and oxygen atoms in total. The van der Waals surface area contributed by atoms with Gasteiger partial charge in [-0.15, -0.1) is 10.2 Å². The number of pyridine rings is 2. The van der Waals surface area contributed by atoms with Gasteiger partial charge in [0.05, 0.1) is 17.1 Å². The second-order valence-corrected chi connectivity index (χ2v) is 8.58. The van der Waals surface area contributed by atoms with Crippen molar-refractivity contribution in [1.29, 1.82) is 0 Å². The first-order valence-corrected chi connectivity index (χ1v) is 11.4. The number of nitrogens with zero attached hydrogens (tertiary/aromatic N) is 5. The summed E-state index contributed by atoms with van der Waals surface area (Å²) >= 11 is 7.35. The number of carbonyl (C=O) groups is 1. The Balaban J connectivity index is 1.67. The van der Waals surface area contributed by atoms with E-state index in [0.29, 0.717) is 22.6 Å². The van der Waals surface area contributed by atoms with Crippen molar-refractivity contribution in [2.75, 3.05) is 11.1 Å². The van der Waals surface area contributed by atoms with E-state index in [1.54, 1.807) is 30.7 Å². The molecule has 0 aliphatic rings. The van der Waals surface area contributed by atoms with Crippen molar-refractivity contribution in [2.45, 2.75) is 24.9 Å². The van der Waals surface area contributed by atoms with E-state index in [0.717, 1.165) is 16.8 Å². The lowest BCUT2D eigenvalue weighted by Gasteiger charge is -2.16. The lowest BCUT2D eigenvalue weighted by atomic mass is 10.0. The SMILES string of the molecule is CC(C)c1ccccc1-n1c(SCC(=O)Nc2cccnc2Cl)nnc1-c1cccnc1. The number of aromatic nitrogens is 5. The van der Waals surface area contributed by atoms with Crippen molar-refractivity contribution >= 4 is 35.0 Å². The lowest BCUT2D eigenvalue weighted by Crippen LogP contribution is -2.15. The summed E-state index contributed by atoms with van der Waals surface area (Å²) in [5.41, 5.74) is 3.45. The van der Waals surface area contributed by atoms with Crippen molar-refractivity contribution in [3.63, 3.8) is 0 Å². The quantitative estimate of drug-likeness (QED) is 0.297. The molecule has 0 bridgehead atoms. The van der Waals surface area contributed by atoms with Crippen LogP contribution in [0, 0.1) is 0 Å². The molecule has 162 valence electrons. The first kappa shape index (κ1) is 22.0. The van der Waals surface area contributed by atoms with Crippen molar-refractivity contribution in [2.24, 2.45) is 0 Å². The fourth-order valence-electron chi connectivity index (χ4n) is 3.24. The zero-order chi connectivity index (χ0) is 22.5. The molecule has 1 N–H and O–H groups in total. The predicted octanol–water partition coefficient (Wildman–Crippen LogP) is 5.23. The molecule has 0 aliphatic heterocycles. The van der Waals surface area contributed by atoms with Crippen LogP contribution in [0.25, 0.3) is 17.1 Å². The summed E-state index contributed by atoms with van der Waals surface area (Å²) in [7, 11) is 0. The molecule has 3 heterocycles. The van der Waals surface area contributed by atoms with Crippen molar-refractivity contribution in [3.05, 3.63) is 77.8 Å². The minimum Gasteiger partial charge on any atom is -0.323 e. The van der Waals surface area contributed by atoms with Crippen LogP contribution in [0.2, 0.25) is 5.15 Å². The summed E-state index contributed by atoms with van der Waals surface area (Å²) in [6, 6.07) is 15.4. The minimum absolute atomic E-state index is 0.139. The number of benzene rings is 1. The number of halogens is 1. The average molecular weight is 465 g/mol. The molecule has 0 unspecified atom stereocenters. The highest BCUT2D eigenvalue weighted by Crippen LogP contribution is 2.32. The van der Waals surface area contributed by atoms with Crippen LogP contribution < -0.4 is 5.32 Å². The van der Waals surface area contributed by atoms with Gasteiger partial charge in [-0.3, -0.25) is 14.3 Å². The molecule has 4 rings (SSSR count). The molecule has 4 aromatic rings. The van der Waals surface area contributed by atoms with Gasteiger partial charge < -0.3 is 5.32 Å². The average Bonchev–Trinajstić information content (AvgIpc) is 3.23. The number of amides is 1. The number of nitrogens with one attached hydrogen (secondary N) is 1. The molecule has 0 saturated carbocycles. The van der Waals surface area contributed by atoms with Crippen LogP contribution in [0.4, 0.5) is 5.69 Å². The van der Waals surface area contributed by atoms with Gasteiger partial charge in [0, 0.05) is 24.2 Å². The zero-order valence-corrected chi connectivity index (χ0v) is 19.1. The summed E-state index contributed by atoms with van der Waals surface area (Å²) in [4.78, 5) is 20.8. The highest BCUT2D eigenvalue weighted by Gasteiger charge is 2.20. The van der Waals surface area contributed by atoms with Crippen LogP contribution in [0.1, 0.15) is 25.3 Å². The summed E-state index contributed by atoms with van der Waals surface area (Å²) in [6.07, 6.45) is 5.04. The smallest absolute Gasteiger partial charge is 0.234 e. The Kier molecular flexibility index (Phi) is 6.82. The molecule has 0 aliphatic carbocycles. The van der Waals surface area contributed by atoms with E-state index >= 15 is 0 Å². The van der Waals surface area contributed by atoms with Crippen molar-refractivity contribution in [3.8, 4) is 17.1 Å². The summed E-state index contributed by atoms with van der Waals surface area (Å²) in [6.45, 7) is 4.29. The van der Waals surface area contributed by atoms with E-state index < -0.39 is 0 Å². The van der Waals surface area contributed by atoms with Gasteiger partial charge in [0.1, 0.15) is 0 Å². The van der Waals surface area contributed by atoms with Crippen LogP contribution in [0.3, 0.4) is 0 Å². The van der Waals surface area contributed by atoms with Gasteiger partial charge in [0.15, 0.2) is 16.1 Å². The molecular weight excluding hydrogens is 444 g/mol. The number of hydrogen-bond donors (Lipinski definition) is 1. The number of hydrogen-bond acceptors (Lipinski definition) is 6. The first-order chi connectivity index (χ1) is 15.5. The molecule has 0 fully saturated rings. The fraction of sp³-hybridized carbons (Fsp3) is 0.174. The highest BCUT2D eigenvalue weighted by atomic mass is 35.5. The van der Waals surface area contributed by atoms with Crippen LogP contribution in [-0.2, 0) is 4.79 Å². The number of anilines is 1. The van der Waals surface area contributed by atoms with E-state index in [1.807, 2.05) is 34.9 Å². The highest BCUT2D eigenvalue weighted by molar-refractivity contribution is 7.99. The van der Waals surface area contributed by atoms with Gasteiger partial charge in [0.25, 0.3) is 0 Å². The van der Waals surface area contributed by atoms with E-state index in [-0.39, 0.29) is 16.8 Å². The molecule has 1 aromatic carbocycles. The number of para-hydroxylation sites is 1. The Bertz CT molecular complexity index is 1230. The lowest BCUT2D eigenvalue weighted by molar-refractivity contribution is -0.113. The third kappa shape index (κ3) is 4.81. The standard InChI is InChI=1S/C23H21ClN6OS/c1-15(2)17-8-3-4-10-19(17)30-22(16-7-5-11-25-13-16)28-29-23(30)32-14-20(31)27-18-9-6-12-26-21(18)24/h3-13,15H,14H2,1-2H3,(H,27,31). The molecule has 0 saturated heterocycles. The summed E-state index contributed by atoms with van der Waals surface area (Å²) < 4.78 is 1.99. The van der Waals surface area contributed by atoms with Gasteiger partial charge in [-0.05, 0) is 41.8 Å². The second kappa shape index (κ2) is 9.93. The maximum Gasteiger partial charge on any atom is 0.234 e. The van der Waals surface area contributed by atoms with Crippen LogP contribution in [0.15, 0.2) is 72.3 Å². The molecule has 3 aromatic heterocycles. The Morgan fingerprint density at radius 2 is 1.91 bits per heavy atom. The van der Waals surface area contributed by atoms with Gasteiger partial charge in [-0.2, -0.15) is 0 Å². The van der Waals surface area contributed by atoms with Crippen LogP contribution in [0.5, 0.6) is 0 Å². The topological polar surface area (TPSA) is 85.6 Å². The molecule has 0 spiro atoms. The minimum atomic E-state index is -0.209. The Morgan fingerprint density at radius 1 is 1.09 bits per heavy atom. The Morgan fingerprint density at radius 3 is 2.66 bits per heavy atom. The van der Waals surface area contributed by atoms with Gasteiger partial charge in [-0.25, -0.2) is 4.98 Å². The number of rotatable bonds is 7. The van der Waals surface area contributed by atoms with Gasteiger partial charge >= 0.3 is 0 Å². The van der Waals surface area contributed by atoms with Gasteiger partial charge in [-0.1, -0.05) is 55.4 Å². The zero-order valence-electron chi connectivity index (χ0n) is 17.6. The van der Waals surface area contributed by atoms with Crippen molar-refractivity contribution in [1.82, 2.24) is 24.7 Å². The van der Waals surface area contributed by atoms with Gasteiger partial charge in [0.2, 0.25) is 5.91 Å². The molecule has 0 atom stereocenters. The molecular formula is C23H21ClN6OS. The van der Waals surface area contributed by atoms with E-state index in [1.165, 1.54) is 11.8 Å². The van der Waals surface area contributed by atoms with E-state index in [9.17, 15) is 4.79 Å². The third-order valence-electron chi connectivity index (χ3n) is 4.72. The van der Waals surface area contributed by atoms with Crippen LogP contribution >= 0.6 is 23.4 Å². The Hall–Kier alpha value is -3.23. The number of carbonyl (C=O) groups excluding carboxylic acids is 1. The molecule has 32 heavy (non-hydrogen) atoms. The molecule has 1 amide bonds. The maximum atomic E-state index is 12.6. The van der Waals surface area contributed by atoms with Crippen molar-refractivity contribution < 1.29 is 4.79 Å². The fourth-order valence-corrected chi connectivity index (χ4v) is 4.15. The normalized spacial score (nSPS) is 11.0.